The second-order valence-electron chi connectivity index (χ2n) is 4.86. The van der Waals surface area contributed by atoms with Crippen molar-refractivity contribution in [3.8, 4) is 0 Å². The van der Waals surface area contributed by atoms with E-state index in [4.69, 9.17) is 5.73 Å². The molecule has 19 heavy (non-hydrogen) atoms. The highest BCUT2D eigenvalue weighted by molar-refractivity contribution is 9.10. The summed E-state index contributed by atoms with van der Waals surface area (Å²) in [4.78, 5) is 22.4. The summed E-state index contributed by atoms with van der Waals surface area (Å²) >= 11 is 3.44. The zero-order valence-electron chi connectivity index (χ0n) is 10.6. The van der Waals surface area contributed by atoms with E-state index in [2.05, 4.69) is 33.4 Å². The molecule has 0 aliphatic heterocycles. The van der Waals surface area contributed by atoms with Crippen LogP contribution in [0.4, 0.5) is 0 Å². The maximum Gasteiger partial charge on any atom is 0.223 e. The lowest BCUT2D eigenvalue weighted by atomic mass is 10.1. The van der Waals surface area contributed by atoms with Crippen molar-refractivity contribution in [2.75, 3.05) is 6.54 Å². The Kier molecular flexibility index (Phi) is 4.58. The maximum atomic E-state index is 11.9. The van der Waals surface area contributed by atoms with Crippen LogP contribution in [0.1, 0.15) is 30.7 Å². The maximum absolute atomic E-state index is 11.9. The lowest BCUT2D eigenvalue weighted by molar-refractivity contribution is -0.123. The van der Waals surface area contributed by atoms with Crippen LogP contribution in [0.3, 0.4) is 0 Å². The molecule has 0 unspecified atom stereocenters. The third-order valence-corrected chi connectivity index (χ3v) is 3.80. The molecular formula is C14H17BrN2O2. The van der Waals surface area contributed by atoms with Crippen molar-refractivity contribution in [3.05, 3.63) is 34.3 Å². The number of benzene rings is 1. The topological polar surface area (TPSA) is 72.2 Å². The summed E-state index contributed by atoms with van der Waals surface area (Å²) in [7, 11) is 0. The largest absolute Gasteiger partial charge is 0.370 e. The highest BCUT2D eigenvalue weighted by Crippen LogP contribution is 2.47. The van der Waals surface area contributed by atoms with Gasteiger partial charge in [-0.3, -0.25) is 9.59 Å². The lowest BCUT2D eigenvalue weighted by Gasteiger charge is -2.04. The minimum Gasteiger partial charge on any atom is -0.370 e. The first-order valence-electron chi connectivity index (χ1n) is 6.39. The molecule has 1 aromatic carbocycles. The summed E-state index contributed by atoms with van der Waals surface area (Å²) in [6.45, 7) is 0.517. The minimum absolute atomic E-state index is 0.0721. The third-order valence-electron chi connectivity index (χ3n) is 3.30. The first-order valence-corrected chi connectivity index (χ1v) is 7.18. The van der Waals surface area contributed by atoms with E-state index in [9.17, 15) is 9.59 Å². The van der Waals surface area contributed by atoms with Crippen LogP contribution in [0.15, 0.2) is 28.7 Å². The van der Waals surface area contributed by atoms with Gasteiger partial charge in [-0.05, 0) is 36.5 Å². The molecule has 5 heteroatoms. The monoisotopic (exact) mass is 324 g/mol. The first kappa shape index (κ1) is 14.1. The molecule has 1 aromatic rings. The SMILES string of the molecule is NC(=O)CCCNC(=O)[C@H]1C[C@@H]1c1cccc(Br)c1. The summed E-state index contributed by atoms with van der Waals surface area (Å²) in [6.07, 6.45) is 1.83. The highest BCUT2D eigenvalue weighted by atomic mass is 79.9. The molecule has 1 saturated carbocycles. The Hall–Kier alpha value is -1.36. The summed E-state index contributed by atoms with van der Waals surface area (Å²) < 4.78 is 1.04. The van der Waals surface area contributed by atoms with E-state index in [-0.39, 0.29) is 17.7 Å². The molecule has 0 heterocycles. The van der Waals surface area contributed by atoms with Gasteiger partial charge in [0.2, 0.25) is 11.8 Å². The van der Waals surface area contributed by atoms with E-state index < -0.39 is 0 Å². The number of hydrogen-bond donors (Lipinski definition) is 2. The predicted octanol–water partition coefficient (Wildman–Crippen LogP) is 1.93. The van der Waals surface area contributed by atoms with E-state index in [0.717, 1.165) is 10.9 Å². The summed E-state index contributed by atoms with van der Waals surface area (Å²) in [6, 6.07) is 8.07. The Balaban J connectivity index is 1.76. The average Bonchev–Trinajstić information content (AvgIpc) is 3.14. The predicted molar refractivity (Wildman–Crippen MR) is 76.4 cm³/mol. The van der Waals surface area contributed by atoms with Crippen LogP contribution in [0.5, 0.6) is 0 Å². The third kappa shape index (κ3) is 4.06. The van der Waals surface area contributed by atoms with Gasteiger partial charge in [0.1, 0.15) is 0 Å². The van der Waals surface area contributed by atoms with Gasteiger partial charge in [-0.2, -0.15) is 0 Å². The van der Waals surface area contributed by atoms with Gasteiger partial charge in [-0.15, -0.1) is 0 Å². The first-order chi connectivity index (χ1) is 9.08. The minimum atomic E-state index is -0.326. The van der Waals surface area contributed by atoms with Crippen molar-refractivity contribution in [3.63, 3.8) is 0 Å². The molecule has 0 spiro atoms. The molecule has 4 nitrogen and oxygen atoms in total. The van der Waals surface area contributed by atoms with Gasteiger partial charge < -0.3 is 11.1 Å². The molecule has 0 radical (unpaired) electrons. The van der Waals surface area contributed by atoms with E-state index in [1.165, 1.54) is 5.56 Å². The van der Waals surface area contributed by atoms with E-state index in [0.29, 0.717) is 25.3 Å². The molecule has 1 aliphatic carbocycles. The van der Waals surface area contributed by atoms with Gasteiger partial charge in [0, 0.05) is 23.4 Å². The van der Waals surface area contributed by atoms with Gasteiger partial charge in [-0.1, -0.05) is 28.1 Å². The quantitative estimate of drug-likeness (QED) is 0.785. The number of carbonyl (C=O) groups excluding carboxylic acids is 2. The van der Waals surface area contributed by atoms with Crippen molar-refractivity contribution < 1.29 is 9.59 Å². The number of nitrogens with one attached hydrogen (secondary N) is 1. The zero-order chi connectivity index (χ0) is 13.8. The van der Waals surface area contributed by atoms with Crippen LogP contribution in [0.25, 0.3) is 0 Å². The van der Waals surface area contributed by atoms with Crippen LogP contribution < -0.4 is 11.1 Å². The van der Waals surface area contributed by atoms with E-state index in [1.54, 1.807) is 0 Å². The van der Waals surface area contributed by atoms with Crippen molar-refractivity contribution >= 4 is 27.7 Å². The molecule has 1 aliphatic rings. The van der Waals surface area contributed by atoms with Crippen LogP contribution in [-0.2, 0) is 9.59 Å². The van der Waals surface area contributed by atoms with E-state index >= 15 is 0 Å². The van der Waals surface area contributed by atoms with E-state index in [1.807, 2.05) is 12.1 Å². The lowest BCUT2D eigenvalue weighted by Crippen LogP contribution is -2.27. The fourth-order valence-electron chi connectivity index (χ4n) is 2.20. The van der Waals surface area contributed by atoms with Gasteiger partial charge in [-0.25, -0.2) is 0 Å². The van der Waals surface area contributed by atoms with Crippen molar-refractivity contribution in [2.24, 2.45) is 11.7 Å². The Labute approximate surface area is 120 Å². The van der Waals surface area contributed by atoms with Gasteiger partial charge >= 0.3 is 0 Å². The molecule has 0 aromatic heterocycles. The fraction of sp³-hybridized carbons (Fsp3) is 0.429. The summed E-state index contributed by atoms with van der Waals surface area (Å²) in [5.74, 6) is 0.152. The number of amides is 2. The number of hydrogen-bond acceptors (Lipinski definition) is 2. The Morgan fingerprint density at radius 3 is 2.89 bits per heavy atom. The molecule has 1 fully saturated rings. The molecule has 2 rings (SSSR count). The zero-order valence-corrected chi connectivity index (χ0v) is 12.2. The molecule has 0 saturated heterocycles. The Morgan fingerprint density at radius 2 is 2.21 bits per heavy atom. The smallest absolute Gasteiger partial charge is 0.223 e. The number of carbonyl (C=O) groups is 2. The number of rotatable bonds is 6. The van der Waals surface area contributed by atoms with Crippen molar-refractivity contribution in [2.45, 2.75) is 25.2 Å². The van der Waals surface area contributed by atoms with Gasteiger partial charge in [0.15, 0.2) is 0 Å². The Bertz CT molecular complexity index is 490. The van der Waals surface area contributed by atoms with Crippen LogP contribution in [-0.4, -0.2) is 18.4 Å². The number of nitrogens with two attached hydrogens (primary N) is 1. The second-order valence-corrected chi connectivity index (χ2v) is 5.78. The van der Waals surface area contributed by atoms with Crippen LogP contribution in [0.2, 0.25) is 0 Å². The average molecular weight is 325 g/mol. The number of halogens is 1. The Morgan fingerprint density at radius 1 is 1.42 bits per heavy atom. The van der Waals surface area contributed by atoms with Gasteiger partial charge in [0.05, 0.1) is 0 Å². The normalized spacial score (nSPS) is 20.9. The second kappa shape index (κ2) is 6.19. The molecule has 0 bridgehead atoms. The molecular weight excluding hydrogens is 308 g/mol. The van der Waals surface area contributed by atoms with Crippen LogP contribution in [0, 0.1) is 5.92 Å². The highest BCUT2D eigenvalue weighted by Gasteiger charge is 2.43. The summed E-state index contributed by atoms with van der Waals surface area (Å²) in [5.41, 5.74) is 6.24. The molecule has 102 valence electrons. The van der Waals surface area contributed by atoms with Crippen LogP contribution >= 0.6 is 15.9 Å². The fourth-order valence-corrected chi connectivity index (χ4v) is 2.61. The number of primary amides is 1. The van der Waals surface area contributed by atoms with Gasteiger partial charge in [0.25, 0.3) is 0 Å². The van der Waals surface area contributed by atoms with Crippen molar-refractivity contribution in [1.29, 1.82) is 0 Å². The van der Waals surface area contributed by atoms with Crippen molar-refractivity contribution in [1.82, 2.24) is 5.32 Å². The molecule has 2 amide bonds. The molecule has 3 N–H and O–H groups in total. The standard InChI is InChI=1S/C14H17BrN2O2/c15-10-4-1-3-9(7-10)11-8-12(11)14(19)17-6-2-5-13(16)18/h1,3-4,7,11-12H,2,5-6,8H2,(H2,16,18)(H,17,19)/t11-,12+/m1/s1. The summed E-state index contributed by atoms with van der Waals surface area (Å²) in [5, 5.41) is 2.86. The molecule has 2 atom stereocenters.